The number of rotatable bonds is 2. The summed E-state index contributed by atoms with van der Waals surface area (Å²) in [4.78, 5) is 18.9. The molecule has 0 spiro atoms. The summed E-state index contributed by atoms with van der Waals surface area (Å²) in [5, 5.41) is 3.85. The van der Waals surface area contributed by atoms with E-state index in [-0.39, 0.29) is 11.9 Å². The van der Waals surface area contributed by atoms with Crippen molar-refractivity contribution in [2.24, 2.45) is 5.92 Å². The number of piperidine rings is 1. The molecule has 0 aliphatic carbocycles. The molecule has 2 aromatic heterocycles. The fourth-order valence-corrected chi connectivity index (χ4v) is 3.36. The van der Waals surface area contributed by atoms with Crippen LogP contribution < -0.4 is 5.32 Å². The first-order chi connectivity index (χ1) is 10.2. The number of carbonyl (C=O) groups is 1. The van der Waals surface area contributed by atoms with Crippen molar-refractivity contribution in [3.63, 3.8) is 0 Å². The van der Waals surface area contributed by atoms with Crippen LogP contribution in [0.5, 0.6) is 0 Å². The zero-order chi connectivity index (χ0) is 14.4. The minimum Gasteiger partial charge on any atom is -0.461 e. The number of hydrogen-bond acceptors (Lipinski definition) is 4. The summed E-state index contributed by atoms with van der Waals surface area (Å²) in [7, 11) is 0. The molecule has 2 saturated heterocycles. The maximum atomic E-state index is 12.4. The van der Waals surface area contributed by atoms with Crippen LogP contribution in [-0.2, 0) is 0 Å². The monoisotopic (exact) mass is 281 g/mol. The predicted octanol–water partition coefficient (Wildman–Crippen LogP) is 1.24. The molecule has 3 unspecified atom stereocenters. The van der Waals surface area contributed by atoms with Gasteiger partial charge in [-0.1, -0.05) is 5.92 Å². The number of pyridine rings is 1. The van der Waals surface area contributed by atoms with Gasteiger partial charge in [-0.25, -0.2) is 4.98 Å². The van der Waals surface area contributed by atoms with Crippen molar-refractivity contribution >= 4 is 16.9 Å². The summed E-state index contributed by atoms with van der Waals surface area (Å²) in [6.45, 7) is 3.20. The van der Waals surface area contributed by atoms with Crippen LogP contribution in [0.25, 0.3) is 11.0 Å². The third-order valence-corrected chi connectivity index (χ3v) is 4.50. The molecule has 5 nitrogen and oxygen atoms in total. The zero-order valence-electron chi connectivity index (χ0n) is 11.5. The van der Waals surface area contributed by atoms with E-state index in [2.05, 4.69) is 21.1 Å². The van der Waals surface area contributed by atoms with Gasteiger partial charge in [-0.3, -0.25) is 4.79 Å². The van der Waals surface area contributed by atoms with E-state index in [9.17, 15) is 4.79 Å². The highest BCUT2D eigenvalue weighted by Crippen LogP contribution is 2.28. The fraction of sp³-hybridized carbons (Fsp3) is 0.375. The second-order valence-electron chi connectivity index (χ2n) is 5.75. The molecule has 0 radical (unpaired) electrons. The number of aromatic nitrogens is 1. The summed E-state index contributed by atoms with van der Waals surface area (Å²) in [6, 6.07) is 1.94. The Labute approximate surface area is 122 Å². The number of furan rings is 1. The number of nitrogens with one attached hydrogen (secondary N) is 1. The molecular formula is C16H15N3O2. The van der Waals surface area contributed by atoms with Gasteiger partial charge in [0.15, 0.2) is 5.58 Å². The summed E-state index contributed by atoms with van der Waals surface area (Å²) < 4.78 is 5.30. The van der Waals surface area contributed by atoms with Crippen LogP contribution in [0.4, 0.5) is 0 Å². The van der Waals surface area contributed by atoms with Crippen LogP contribution in [0.2, 0.25) is 0 Å². The maximum Gasteiger partial charge on any atom is 0.270 e. The Morgan fingerprint density at radius 3 is 3.14 bits per heavy atom. The highest BCUT2D eigenvalue weighted by atomic mass is 16.3. The van der Waals surface area contributed by atoms with Crippen molar-refractivity contribution < 1.29 is 9.21 Å². The molecule has 5 heteroatoms. The second-order valence-corrected chi connectivity index (χ2v) is 5.75. The van der Waals surface area contributed by atoms with Crippen LogP contribution in [0.3, 0.4) is 0 Å². The first-order valence-corrected chi connectivity index (χ1v) is 7.11. The molecule has 2 aromatic rings. The van der Waals surface area contributed by atoms with Crippen molar-refractivity contribution in [1.82, 2.24) is 15.2 Å². The Morgan fingerprint density at radius 2 is 2.43 bits per heavy atom. The highest BCUT2D eigenvalue weighted by Gasteiger charge is 2.38. The Morgan fingerprint density at radius 1 is 1.52 bits per heavy atom. The van der Waals surface area contributed by atoms with Crippen LogP contribution in [0.15, 0.2) is 22.9 Å². The van der Waals surface area contributed by atoms with Gasteiger partial charge in [0.05, 0.1) is 11.8 Å². The Hall–Kier alpha value is -2.32. The third-order valence-electron chi connectivity index (χ3n) is 4.50. The van der Waals surface area contributed by atoms with Crippen LogP contribution >= 0.6 is 0 Å². The minimum atomic E-state index is -0.139. The van der Waals surface area contributed by atoms with E-state index in [1.165, 1.54) is 12.7 Å². The van der Waals surface area contributed by atoms with Gasteiger partial charge in [0, 0.05) is 24.5 Å². The van der Waals surface area contributed by atoms with Gasteiger partial charge in [0.2, 0.25) is 0 Å². The van der Waals surface area contributed by atoms with E-state index in [0.717, 1.165) is 25.0 Å². The molecule has 3 atom stereocenters. The van der Waals surface area contributed by atoms with Crippen molar-refractivity contribution in [2.75, 3.05) is 19.6 Å². The van der Waals surface area contributed by atoms with E-state index < -0.39 is 0 Å². The van der Waals surface area contributed by atoms with Gasteiger partial charge < -0.3 is 14.6 Å². The van der Waals surface area contributed by atoms with E-state index in [1.807, 2.05) is 0 Å². The first-order valence-electron chi connectivity index (χ1n) is 7.11. The number of nitrogens with zero attached hydrogens (tertiary/aromatic N) is 2. The number of terminal acetylenes is 1. The molecule has 1 N–H and O–H groups in total. The number of carbonyl (C=O) groups excluding carboxylic acids is 1. The van der Waals surface area contributed by atoms with Crippen LogP contribution in [0.1, 0.15) is 22.5 Å². The lowest BCUT2D eigenvalue weighted by Gasteiger charge is -2.22. The molecule has 4 heterocycles. The van der Waals surface area contributed by atoms with Crippen molar-refractivity contribution in [1.29, 1.82) is 0 Å². The van der Waals surface area contributed by atoms with Gasteiger partial charge in [-0.15, -0.1) is 6.42 Å². The number of amides is 1. The third kappa shape index (κ3) is 1.99. The quantitative estimate of drug-likeness (QED) is 0.842. The van der Waals surface area contributed by atoms with Gasteiger partial charge in [-0.05, 0) is 24.9 Å². The van der Waals surface area contributed by atoms with Crippen LogP contribution in [0, 0.1) is 18.3 Å². The highest BCUT2D eigenvalue weighted by molar-refractivity contribution is 5.96. The van der Waals surface area contributed by atoms with Gasteiger partial charge >= 0.3 is 0 Å². The summed E-state index contributed by atoms with van der Waals surface area (Å²) in [5.41, 5.74) is 1.64. The van der Waals surface area contributed by atoms with Gasteiger partial charge in [0.25, 0.3) is 5.91 Å². The van der Waals surface area contributed by atoms with E-state index >= 15 is 0 Å². The predicted molar refractivity (Wildman–Crippen MR) is 77.7 cm³/mol. The van der Waals surface area contributed by atoms with Crippen LogP contribution in [-0.4, -0.2) is 41.5 Å². The largest absolute Gasteiger partial charge is 0.461 e. The molecule has 0 saturated carbocycles. The summed E-state index contributed by atoms with van der Waals surface area (Å²) in [5.74, 6) is 2.99. The van der Waals surface area contributed by atoms with Gasteiger partial charge in [-0.2, -0.15) is 0 Å². The number of hydrogen-bond donors (Lipinski definition) is 1. The zero-order valence-corrected chi connectivity index (χ0v) is 11.5. The van der Waals surface area contributed by atoms with E-state index in [0.29, 0.717) is 22.8 Å². The normalized spacial score (nSPS) is 26.9. The topological polar surface area (TPSA) is 58.4 Å². The SMILES string of the molecule is C#Cc1coc2cnc(C(=O)NC3CN4CCC3C4)cc12. The van der Waals surface area contributed by atoms with Crippen molar-refractivity contribution in [3.8, 4) is 12.3 Å². The van der Waals surface area contributed by atoms with E-state index in [4.69, 9.17) is 10.8 Å². The standard InChI is InChI=1S/C16H15N3O2/c1-2-10-9-21-15-6-17-13(5-12(10)15)16(20)18-14-8-19-4-3-11(14)7-19/h1,5-6,9,11,14H,3-4,7-8H2,(H,18,20). The van der Waals surface area contributed by atoms with E-state index in [1.54, 1.807) is 12.3 Å². The van der Waals surface area contributed by atoms with Gasteiger partial charge in [0.1, 0.15) is 12.0 Å². The average Bonchev–Trinajstić information content (AvgIpc) is 3.21. The molecule has 106 valence electrons. The summed E-state index contributed by atoms with van der Waals surface area (Å²) in [6.07, 6.45) is 9.65. The molecule has 2 aliphatic heterocycles. The smallest absolute Gasteiger partial charge is 0.270 e. The minimum absolute atomic E-state index is 0.139. The summed E-state index contributed by atoms with van der Waals surface area (Å²) >= 11 is 0. The Kier molecular flexibility index (Phi) is 2.72. The molecule has 21 heavy (non-hydrogen) atoms. The number of fused-ring (bicyclic) bond motifs is 3. The average molecular weight is 281 g/mol. The molecular weight excluding hydrogens is 266 g/mol. The molecule has 2 bridgehead atoms. The molecule has 2 aliphatic rings. The Bertz CT molecular complexity index is 758. The molecule has 0 aromatic carbocycles. The first kappa shape index (κ1) is 12.4. The second kappa shape index (κ2) is 4.61. The van der Waals surface area contributed by atoms with Crippen molar-refractivity contribution in [3.05, 3.63) is 29.8 Å². The lowest BCUT2D eigenvalue weighted by molar-refractivity contribution is 0.0919. The lowest BCUT2D eigenvalue weighted by atomic mass is 10.00. The fourth-order valence-electron chi connectivity index (χ4n) is 3.36. The maximum absolute atomic E-state index is 12.4. The van der Waals surface area contributed by atoms with Crippen molar-refractivity contribution in [2.45, 2.75) is 12.5 Å². The molecule has 1 amide bonds. The lowest BCUT2D eigenvalue weighted by Crippen LogP contribution is -2.43. The Balaban J connectivity index is 1.58. The molecule has 2 fully saturated rings. The molecule has 4 rings (SSSR count).